The topological polar surface area (TPSA) is 33.1 Å². The maximum absolute atomic E-state index is 9.47. The third-order valence-electron chi connectivity index (χ3n) is 2.16. The molecule has 1 aromatic heterocycles. The molecule has 0 amide bonds. The fraction of sp³-hybridized carbons (Fsp3) is 0.300. The number of aliphatic hydroxyl groups excluding tert-OH is 1. The third kappa shape index (κ3) is 0.992. The van der Waals surface area contributed by atoms with Crippen LogP contribution in [0, 0.1) is 12.3 Å². The van der Waals surface area contributed by atoms with Crippen molar-refractivity contribution in [1.82, 2.24) is 4.98 Å². The van der Waals surface area contributed by atoms with Gasteiger partial charge in [0.15, 0.2) is 0 Å². The Morgan fingerprint density at radius 2 is 2.42 bits per heavy atom. The molecule has 1 heterocycles. The van der Waals surface area contributed by atoms with E-state index in [4.69, 9.17) is 6.42 Å². The third-order valence-corrected chi connectivity index (χ3v) is 2.16. The van der Waals surface area contributed by atoms with Crippen LogP contribution in [0.2, 0.25) is 0 Å². The average Bonchev–Trinajstić information content (AvgIpc) is 2.47. The summed E-state index contributed by atoms with van der Waals surface area (Å²) in [6.07, 6.45) is 6.47. The summed E-state index contributed by atoms with van der Waals surface area (Å²) >= 11 is 0. The number of nitrogens with zero attached hydrogens (tertiary/aromatic N) is 1. The monoisotopic (exact) mass is 159 g/mol. The van der Waals surface area contributed by atoms with Crippen LogP contribution < -0.4 is 0 Å². The summed E-state index contributed by atoms with van der Waals surface area (Å²) in [6.45, 7) is 0. The average molecular weight is 159 g/mol. The fourth-order valence-electron chi connectivity index (χ4n) is 1.51. The molecule has 1 unspecified atom stereocenters. The molecule has 0 saturated carbocycles. The number of fused-ring (bicyclic) bond motifs is 1. The van der Waals surface area contributed by atoms with Gasteiger partial charge in [-0.2, -0.15) is 0 Å². The molecule has 2 rings (SSSR count). The number of hydrogen-bond acceptors (Lipinski definition) is 2. The molecule has 2 nitrogen and oxygen atoms in total. The van der Waals surface area contributed by atoms with Crippen molar-refractivity contribution in [2.75, 3.05) is 0 Å². The number of hydrogen-bond donors (Lipinski definition) is 1. The lowest BCUT2D eigenvalue weighted by atomic mass is 10.2. The zero-order valence-corrected chi connectivity index (χ0v) is 6.62. The van der Waals surface area contributed by atoms with E-state index in [0.717, 1.165) is 24.1 Å². The highest BCUT2D eigenvalue weighted by Gasteiger charge is 2.21. The van der Waals surface area contributed by atoms with Crippen molar-refractivity contribution >= 4 is 0 Å². The summed E-state index contributed by atoms with van der Waals surface area (Å²) in [6, 6.07) is 3.77. The van der Waals surface area contributed by atoms with Crippen LogP contribution >= 0.6 is 0 Å². The lowest BCUT2D eigenvalue weighted by molar-refractivity contribution is 0.175. The second-order valence-electron chi connectivity index (χ2n) is 2.94. The van der Waals surface area contributed by atoms with Gasteiger partial charge in [-0.1, -0.05) is 12.0 Å². The van der Waals surface area contributed by atoms with E-state index in [1.54, 1.807) is 0 Å². The molecule has 1 atom stereocenters. The Labute approximate surface area is 71.3 Å². The van der Waals surface area contributed by atoms with E-state index in [1.165, 1.54) is 0 Å². The van der Waals surface area contributed by atoms with Crippen LogP contribution in [0.3, 0.4) is 0 Å². The van der Waals surface area contributed by atoms with Gasteiger partial charge in [0.25, 0.3) is 0 Å². The minimum Gasteiger partial charge on any atom is -0.387 e. The molecule has 60 valence electrons. The molecular formula is C10H9NO. The smallest absolute Gasteiger partial charge is 0.113 e. The maximum atomic E-state index is 9.47. The lowest BCUT2D eigenvalue weighted by Gasteiger charge is -2.01. The first-order chi connectivity index (χ1) is 5.81. The number of aromatic nitrogens is 1. The molecular weight excluding hydrogens is 150 g/mol. The first-order valence-corrected chi connectivity index (χ1v) is 3.96. The summed E-state index contributed by atoms with van der Waals surface area (Å²) in [5.41, 5.74) is 2.50. The van der Waals surface area contributed by atoms with Crippen molar-refractivity contribution in [3.63, 3.8) is 0 Å². The van der Waals surface area contributed by atoms with Gasteiger partial charge in [0.2, 0.25) is 0 Å². The molecule has 1 aliphatic rings. The van der Waals surface area contributed by atoms with Gasteiger partial charge >= 0.3 is 0 Å². The van der Waals surface area contributed by atoms with Crippen molar-refractivity contribution in [3.8, 4) is 12.3 Å². The van der Waals surface area contributed by atoms with Crippen molar-refractivity contribution in [2.45, 2.75) is 18.9 Å². The Morgan fingerprint density at radius 3 is 3.17 bits per heavy atom. The maximum Gasteiger partial charge on any atom is 0.113 e. The van der Waals surface area contributed by atoms with Crippen LogP contribution in [0.25, 0.3) is 0 Å². The van der Waals surface area contributed by atoms with Gasteiger partial charge in [-0.05, 0) is 24.5 Å². The van der Waals surface area contributed by atoms with Gasteiger partial charge < -0.3 is 5.11 Å². The summed E-state index contributed by atoms with van der Waals surface area (Å²) in [5.74, 6) is 2.46. The Hall–Kier alpha value is -1.33. The van der Waals surface area contributed by atoms with Crippen LogP contribution in [-0.4, -0.2) is 10.1 Å². The number of aliphatic hydroxyl groups is 1. The van der Waals surface area contributed by atoms with E-state index in [1.807, 2.05) is 12.1 Å². The van der Waals surface area contributed by atoms with Gasteiger partial charge in [-0.15, -0.1) is 6.42 Å². The normalized spacial score (nSPS) is 20.2. The number of terminal acetylenes is 1. The van der Waals surface area contributed by atoms with Crippen LogP contribution in [0.4, 0.5) is 0 Å². The van der Waals surface area contributed by atoms with E-state index in [2.05, 4.69) is 10.9 Å². The SMILES string of the molecule is C#Cc1ccc2c(n1)C(O)CC2. The molecule has 0 bridgehead atoms. The van der Waals surface area contributed by atoms with Crippen LogP contribution in [0.1, 0.15) is 29.5 Å². The second-order valence-corrected chi connectivity index (χ2v) is 2.94. The highest BCUT2D eigenvalue weighted by atomic mass is 16.3. The molecule has 0 aliphatic heterocycles. The largest absolute Gasteiger partial charge is 0.387 e. The predicted octanol–water partition coefficient (Wildman–Crippen LogP) is 1.04. The van der Waals surface area contributed by atoms with Crippen molar-refractivity contribution in [2.24, 2.45) is 0 Å². The first-order valence-electron chi connectivity index (χ1n) is 3.96. The van der Waals surface area contributed by atoms with Gasteiger partial charge in [-0.25, -0.2) is 4.98 Å². The number of pyridine rings is 1. The molecule has 1 aliphatic carbocycles. The first kappa shape index (κ1) is 7.33. The summed E-state index contributed by atoms with van der Waals surface area (Å²) in [4.78, 5) is 4.17. The highest BCUT2D eigenvalue weighted by Crippen LogP contribution is 2.28. The van der Waals surface area contributed by atoms with Crippen LogP contribution in [-0.2, 0) is 6.42 Å². The van der Waals surface area contributed by atoms with Crippen LogP contribution in [0.15, 0.2) is 12.1 Å². The Morgan fingerprint density at radius 1 is 1.58 bits per heavy atom. The lowest BCUT2D eigenvalue weighted by Crippen LogP contribution is -1.96. The van der Waals surface area contributed by atoms with Gasteiger partial charge in [0.05, 0.1) is 11.8 Å². The summed E-state index contributed by atoms with van der Waals surface area (Å²) in [7, 11) is 0. The molecule has 2 heteroatoms. The molecule has 1 aromatic rings. The second kappa shape index (κ2) is 2.62. The minimum absolute atomic E-state index is 0.409. The van der Waals surface area contributed by atoms with Crippen molar-refractivity contribution in [1.29, 1.82) is 0 Å². The molecule has 0 saturated heterocycles. The number of rotatable bonds is 0. The Kier molecular flexibility index (Phi) is 1.60. The number of aryl methyl sites for hydroxylation is 1. The molecule has 1 N–H and O–H groups in total. The Bertz CT molecular complexity index is 351. The fourth-order valence-corrected chi connectivity index (χ4v) is 1.51. The zero-order valence-electron chi connectivity index (χ0n) is 6.62. The zero-order chi connectivity index (χ0) is 8.55. The molecule has 0 spiro atoms. The van der Waals surface area contributed by atoms with Crippen LogP contribution in [0.5, 0.6) is 0 Å². The van der Waals surface area contributed by atoms with Gasteiger partial charge in [0.1, 0.15) is 5.69 Å². The van der Waals surface area contributed by atoms with Gasteiger partial charge in [0, 0.05) is 0 Å². The molecule has 0 aromatic carbocycles. The van der Waals surface area contributed by atoms with E-state index in [9.17, 15) is 5.11 Å². The quantitative estimate of drug-likeness (QED) is 0.574. The summed E-state index contributed by atoms with van der Waals surface area (Å²) < 4.78 is 0. The summed E-state index contributed by atoms with van der Waals surface area (Å²) in [5, 5.41) is 9.47. The van der Waals surface area contributed by atoms with E-state index >= 15 is 0 Å². The molecule has 0 radical (unpaired) electrons. The minimum atomic E-state index is -0.409. The predicted molar refractivity (Wildman–Crippen MR) is 45.5 cm³/mol. The van der Waals surface area contributed by atoms with Crippen molar-refractivity contribution in [3.05, 3.63) is 29.1 Å². The van der Waals surface area contributed by atoms with E-state index in [0.29, 0.717) is 5.69 Å². The highest BCUT2D eigenvalue weighted by molar-refractivity contribution is 5.34. The Balaban J connectivity index is 2.52. The van der Waals surface area contributed by atoms with E-state index in [-0.39, 0.29) is 0 Å². The van der Waals surface area contributed by atoms with E-state index < -0.39 is 6.10 Å². The standard InChI is InChI=1S/C10H9NO/c1-2-8-5-3-7-4-6-9(12)10(7)11-8/h1,3,5,9,12H,4,6H2. The molecule has 12 heavy (non-hydrogen) atoms. The molecule has 0 fully saturated rings. The van der Waals surface area contributed by atoms with Crippen molar-refractivity contribution < 1.29 is 5.11 Å². The van der Waals surface area contributed by atoms with Gasteiger partial charge in [-0.3, -0.25) is 0 Å².